The van der Waals surface area contributed by atoms with Crippen LogP contribution in [0.2, 0.25) is 0 Å². The number of piperidine rings is 1. The van der Waals surface area contributed by atoms with Gasteiger partial charge in [-0.25, -0.2) is 4.98 Å². The molecule has 0 spiro atoms. The van der Waals surface area contributed by atoms with Crippen LogP contribution in [0.15, 0.2) is 47.3 Å². The van der Waals surface area contributed by atoms with Crippen molar-refractivity contribution in [1.29, 1.82) is 0 Å². The van der Waals surface area contributed by atoms with E-state index in [0.717, 1.165) is 67.5 Å². The lowest BCUT2D eigenvalue weighted by Gasteiger charge is -2.32. The Morgan fingerprint density at radius 1 is 1.16 bits per heavy atom. The predicted octanol–water partition coefficient (Wildman–Crippen LogP) is 5.15. The molecule has 1 saturated heterocycles. The number of fused-ring (bicyclic) bond motifs is 1. The van der Waals surface area contributed by atoms with Crippen molar-refractivity contribution in [1.82, 2.24) is 14.5 Å². The smallest absolute Gasteiger partial charge is 0.261 e. The first-order valence-electron chi connectivity index (χ1n) is 12.0. The topological polar surface area (TPSA) is 47.4 Å². The predicted molar refractivity (Wildman–Crippen MR) is 131 cm³/mol. The first-order chi connectivity index (χ1) is 15.6. The van der Waals surface area contributed by atoms with Crippen molar-refractivity contribution < 1.29 is 4.74 Å². The van der Waals surface area contributed by atoms with E-state index in [2.05, 4.69) is 30.9 Å². The standard InChI is InChI=1S/C27H35N3O2/c1-4-6-10-20-14-15-24-23(17-20)27(31)30(19-21-11-9-16-29(5-2)18-21)26(28-24)22-12-7-8-13-25(22)32-3/h7-8,12-15,17,21H,4-6,9-11,16,18-19H2,1-3H3. The largest absolute Gasteiger partial charge is 0.496 e. The molecule has 2 heterocycles. The minimum absolute atomic E-state index is 0.0582. The summed E-state index contributed by atoms with van der Waals surface area (Å²) in [4.78, 5) is 21.3. The third-order valence-corrected chi connectivity index (χ3v) is 6.68. The fourth-order valence-electron chi connectivity index (χ4n) is 4.85. The first-order valence-corrected chi connectivity index (χ1v) is 12.0. The van der Waals surface area contributed by atoms with E-state index in [4.69, 9.17) is 9.72 Å². The SMILES string of the molecule is CCCCc1ccc2nc(-c3ccccc3OC)n(CC3CCCN(CC)C3)c(=O)c2c1. The molecule has 1 atom stereocenters. The van der Waals surface area contributed by atoms with Crippen LogP contribution < -0.4 is 10.3 Å². The van der Waals surface area contributed by atoms with E-state index in [-0.39, 0.29) is 5.56 Å². The summed E-state index contributed by atoms with van der Waals surface area (Å²) >= 11 is 0. The Kier molecular flexibility index (Phi) is 7.26. The molecule has 170 valence electrons. The Morgan fingerprint density at radius 3 is 2.78 bits per heavy atom. The summed E-state index contributed by atoms with van der Waals surface area (Å²) < 4.78 is 7.54. The molecule has 32 heavy (non-hydrogen) atoms. The van der Waals surface area contributed by atoms with Crippen molar-refractivity contribution in [3.8, 4) is 17.1 Å². The molecule has 1 fully saturated rings. The summed E-state index contributed by atoms with van der Waals surface area (Å²) in [6, 6.07) is 14.0. The number of para-hydroxylation sites is 1. The van der Waals surface area contributed by atoms with Crippen LogP contribution in [-0.2, 0) is 13.0 Å². The van der Waals surface area contributed by atoms with E-state index in [0.29, 0.717) is 18.3 Å². The highest BCUT2D eigenvalue weighted by molar-refractivity contribution is 5.81. The number of unbranched alkanes of at least 4 members (excludes halogenated alkanes) is 1. The monoisotopic (exact) mass is 433 g/mol. The summed E-state index contributed by atoms with van der Waals surface area (Å²) in [7, 11) is 1.67. The van der Waals surface area contributed by atoms with Crippen LogP contribution in [-0.4, -0.2) is 41.2 Å². The highest BCUT2D eigenvalue weighted by atomic mass is 16.5. The maximum absolute atomic E-state index is 13.8. The lowest BCUT2D eigenvalue weighted by atomic mass is 9.97. The normalized spacial score (nSPS) is 17.0. The van der Waals surface area contributed by atoms with Gasteiger partial charge in [0, 0.05) is 13.1 Å². The number of likely N-dealkylation sites (tertiary alicyclic amines) is 1. The Bertz CT molecular complexity index is 1120. The lowest BCUT2D eigenvalue weighted by molar-refractivity contribution is 0.169. The fourth-order valence-corrected chi connectivity index (χ4v) is 4.85. The van der Waals surface area contributed by atoms with Gasteiger partial charge in [0.05, 0.1) is 23.6 Å². The number of aromatic nitrogens is 2. The average molecular weight is 434 g/mol. The highest BCUT2D eigenvalue weighted by Gasteiger charge is 2.23. The minimum Gasteiger partial charge on any atom is -0.496 e. The zero-order valence-corrected chi connectivity index (χ0v) is 19.6. The fraction of sp³-hybridized carbons (Fsp3) is 0.481. The number of hydrogen-bond donors (Lipinski definition) is 0. The molecule has 0 amide bonds. The number of aryl methyl sites for hydroxylation is 1. The van der Waals surface area contributed by atoms with Crippen molar-refractivity contribution in [2.45, 2.75) is 52.5 Å². The van der Waals surface area contributed by atoms with Crippen LogP contribution in [0.25, 0.3) is 22.3 Å². The van der Waals surface area contributed by atoms with Gasteiger partial charge in [0.2, 0.25) is 0 Å². The Morgan fingerprint density at radius 2 is 2.00 bits per heavy atom. The van der Waals surface area contributed by atoms with Gasteiger partial charge in [-0.05, 0) is 74.5 Å². The van der Waals surface area contributed by atoms with Gasteiger partial charge in [-0.3, -0.25) is 9.36 Å². The molecule has 1 unspecified atom stereocenters. The van der Waals surface area contributed by atoms with Gasteiger partial charge in [-0.1, -0.05) is 38.5 Å². The van der Waals surface area contributed by atoms with Gasteiger partial charge >= 0.3 is 0 Å². The summed E-state index contributed by atoms with van der Waals surface area (Å²) in [6.45, 7) is 8.33. The number of benzene rings is 2. The molecule has 0 saturated carbocycles. The van der Waals surface area contributed by atoms with Crippen molar-refractivity contribution in [3.05, 3.63) is 58.4 Å². The van der Waals surface area contributed by atoms with Gasteiger partial charge in [0.25, 0.3) is 5.56 Å². The molecule has 0 radical (unpaired) electrons. The molecule has 1 aliphatic heterocycles. The first kappa shape index (κ1) is 22.5. The number of rotatable bonds is 8. The maximum atomic E-state index is 13.8. The summed E-state index contributed by atoms with van der Waals surface area (Å²) in [6.07, 6.45) is 5.58. The molecule has 5 nitrogen and oxygen atoms in total. The van der Waals surface area contributed by atoms with E-state index in [9.17, 15) is 4.79 Å². The molecular formula is C27H35N3O2. The van der Waals surface area contributed by atoms with Crippen molar-refractivity contribution in [2.75, 3.05) is 26.7 Å². The van der Waals surface area contributed by atoms with E-state index in [1.165, 1.54) is 12.0 Å². The van der Waals surface area contributed by atoms with Gasteiger partial charge in [0.15, 0.2) is 0 Å². The van der Waals surface area contributed by atoms with Gasteiger partial charge in [0.1, 0.15) is 11.6 Å². The highest BCUT2D eigenvalue weighted by Crippen LogP contribution is 2.30. The van der Waals surface area contributed by atoms with E-state index in [1.54, 1.807) is 7.11 Å². The van der Waals surface area contributed by atoms with Crippen molar-refractivity contribution in [3.63, 3.8) is 0 Å². The third-order valence-electron chi connectivity index (χ3n) is 6.68. The van der Waals surface area contributed by atoms with Crippen LogP contribution in [0.4, 0.5) is 0 Å². The molecule has 0 N–H and O–H groups in total. The second-order valence-electron chi connectivity index (χ2n) is 8.91. The number of nitrogens with zero attached hydrogens (tertiary/aromatic N) is 3. The van der Waals surface area contributed by atoms with E-state index < -0.39 is 0 Å². The zero-order chi connectivity index (χ0) is 22.5. The molecule has 1 aromatic heterocycles. The Hall–Kier alpha value is -2.66. The number of ether oxygens (including phenoxy) is 1. The van der Waals surface area contributed by atoms with Crippen LogP contribution >= 0.6 is 0 Å². The molecule has 0 aliphatic carbocycles. The van der Waals surface area contributed by atoms with Crippen LogP contribution in [0.1, 0.15) is 45.1 Å². The summed E-state index contributed by atoms with van der Waals surface area (Å²) in [5, 5.41) is 0.723. The zero-order valence-electron chi connectivity index (χ0n) is 19.6. The Balaban J connectivity index is 1.84. The van der Waals surface area contributed by atoms with Crippen LogP contribution in [0.3, 0.4) is 0 Å². The van der Waals surface area contributed by atoms with Crippen molar-refractivity contribution in [2.24, 2.45) is 5.92 Å². The number of hydrogen-bond acceptors (Lipinski definition) is 4. The average Bonchev–Trinajstić information content (AvgIpc) is 2.84. The molecule has 5 heteroatoms. The lowest BCUT2D eigenvalue weighted by Crippen LogP contribution is -2.38. The van der Waals surface area contributed by atoms with Gasteiger partial charge in [-0.2, -0.15) is 0 Å². The second-order valence-corrected chi connectivity index (χ2v) is 8.91. The summed E-state index contributed by atoms with van der Waals surface area (Å²) in [5.41, 5.74) is 2.89. The van der Waals surface area contributed by atoms with Crippen LogP contribution in [0, 0.1) is 5.92 Å². The summed E-state index contributed by atoms with van der Waals surface area (Å²) in [5.74, 6) is 1.89. The molecule has 1 aliphatic rings. The van der Waals surface area contributed by atoms with Gasteiger partial charge < -0.3 is 9.64 Å². The molecule has 4 rings (SSSR count). The molecular weight excluding hydrogens is 398 g/mol. The molecule has 0 bridgehead atoms. The maximum Gasteiger partial charge on any atom is 0.261 e. The molecule has 3 aromatic rings. The minimum atomic E-state index is 0.0582. The van der Waals surface area contributed by atoms with Crippen molar-refractivity contribution >= 4 is 10.9 Å². The van der Waals surface area contributed by atoms with E-state index in [1.807, 2.05) is 34.9 Å². The second kappa shape index (κ2) is 10.3. The Labute approximate surface area is 191 Å². The number of methoxy groups -OCH3 is 1. The third kappa shape index (κ3) is 4.73. The van der Waals surface area contributed by atoms with Crippen LogP contribution in [0.5, 0.6) is 5.75 Å². The van der Waals surface area contributed by atoms with E-state index >= 15 is 0 Å². The van der Waals surface area contributed by atoms with Gasteiger partial charge in [-0.15, -0.1) is 0 Å². The quantitative estimate of drug-likeness (QED) is 0.493. The molecule has 2 aromatic carbocycles.